The molecule has 222 valence electrons. The fourth-order valence-corrected chi connectivity index (χ4v) is 9.17. The predicted molar refractivity (Wildman–Crippen MR) is 200 cm³/mol. The SMILES string of the molecule is c1ccc(-c2ccc3c(c2)C2(c4ccccc4-c4ccccc42)c2c-3c(-n3c4ccccc4c4ccccc43)cc3ccccc23)cc1. The van der Waals surface area contributed by atoms with Crippen molar-refractivity contribution in [2.24, 2.45) is 0 Å². The van der Waals surface area contributed by atoms with Crippen molar-refractivity contribution in [3.8, 4) is 39.1 Å². The van der Waals surface area contributed by atoms with Gasteiger partial charge in [0.25, 0.3) is 0 Å². The number of nitrogens with zero attached hydrogens (tertiary/aromatic N) is 1. The van der Waals surface area contributed by atoms with Crippen molar-refractivity contribution in [3.05, 3.63) is 198 Å². The minimum atomic E-state index is -0.475. The Hall–Kier alpha value is -6.18. The van der Waals surface area contributed by atoms with Gasteiger partial charge in [-0.3, -0.25) is 0 Å². The molecule has 0 unspecified atom stereocenters. The molecule has 1 heterocycles. The van der Waals surface area contributed by atoms with Crippen LogP contribution in [-0.4, -0.2) is 4.57 Å². The maximum absolute atomic E-state index is 2.52. The first kappa shape index (κ1) is 25.9. The fraction of sp³-hybridized carbons (Fsp3) is 0.0213. The van der Waals surface area contributed by atoms with E-state index in [-0.39, 0.29) is 0 Å². The van der Waals surface area contributed by atoms with Crippen molar-refractivity contribution in [1.82, 2.24) is 4.57 Å². The third-order valence-electron chi connectivity index (χ3n) is 11.0. The summed E-state index contributed by atoms with van der Waals surface area (Å²) in [7, 11) is 0. The van der Waals surface area contributed by atoms with Gasteiger partial charge in [0.05, 0.1) is 22.1 Å². The van der Waals surface area contributed by atoms with E-state index in [0.29, 0.717) is 0 Å². The van der Waals surface area contributed by atoms with Crippen LogP contribution in [0.15, 0.2) is 176 Å². The predicted octanol–water partition coefficient (Wildman–Crippen LogP) is 11.9. The van der Waals surface area contributed by atoms with Crippen molar-refractivity contribution in [1.29, 1.82) is 0 Å². The second-order valence-corrected chi connectivity index (χ2v) is 13.2. The summed E-state index contributed by atoms with van der Waals surface area (Å²) in [5.74, 6) is 0. The average molecular weight is 608 g/mol. The smallest absolute Gasteiger partial charge is 0.0732 e. The Morgan fingerprint density at radius 2 is 0.938 bits per heavy atom. The molecule has 48 heavy (non-hydrogen) atoms. The van der Waals surface area contributed by atoms with E-state index in [2.05, 4.69) is 180 Å². The van der Waals surface area contributed by atoms with Crippen molar-refractivity contribution in [2.45, 2.75) is 5.41 Å². The van der Waals surface area contributed by atoms with E-state index >= 15 is 0 Å². The summed E-state index contributed by atoms with van der Waals surface area (Å²) in [6.07, 6.45) is 0. The van der Waals surface area contributed by atoms with Crippen LogP contribution >= 0.6 is 0 Å². The molecule has 8 aromatic carbocycles. The van der Waals surface area contributed by atoms with Gasteiger partial charge in [0.1, 0.15) is 0 Å². The van der Waals surface area contributed by atoms with E-state index in [1.165, 1.54) is 93.9 Å². The van der Waals surface area contributed by atoms with Crippen molar-refractivity contribution < 1.29 is 0 Å². The fourth-order valence-electron chi connectivity index (χ4n) is 9.17. The van der Waals surface area contributed by atoms with Gasteiger partial charge in [-0.05, 0) is 85.1 Å². The summed E-state index contributed by atoms with van der Waals surface area (Å²) in [4.78, 5) is 0. The molecule has 0 saturated carbocycles. The number of hydrogen-bond acceptors (Lipinski definition) is 0. The van der Waals surface area contributed by atoms with Crippen LogP contribution in [0.3, 0.4) is 0 Å². The van der Waals surface area contributed by atoms with E-state index < -0.39 is 5.41 Å². The van der Waals surface area contributed by atoms with Gasteiger partial charge in [0.15, 0.2) is 0 Å². The Balaban J connectivity index is 1.38. The van der Waals surface area contributed by atoms with Crippen LogP contribution in [0.25, 0.3) is 71.6 Å². The molecule has 2 aliphatic carbocycles. The second kappa shape index (κ2) is 9.44. The number of fused-ring (bicyclic) bond motifs is 15. The van der Waals surface area contributed by atoms with E-state index in [9.17, 15) is 0 Å². The lowest BCUT2D eigenvalue weighted by Gasteiger charge is -2.32. The molecule has 0 amide bonds. The zero-order valence-corrected chi connectivity index (χ0v) is 26.2. The van der Waals surface area contributed by atoms with Gasteiger partial charge >= 0.3 is 0 Å². The van der Waals surface area contributed by atoms with Crippen LogP contribution < -0.4 is 0 Å². The molecule has 1 aromatic heterocycles. The molecule has 2 aliphatic rings. The molecular formula is C47H29N. The summed E-state index contributed by atoms with van der Waals surface area (Å²) in [5, 5.41) is 5.12. The first-order valence-corrected chi connectivity index (χ1v) is 16.8. The number of para-hydroxylation sites is 2. The number of hydrogen-bond donors (Lipinski definition) is 0. The molecule has 0 radical (unpaired) electrons. The Labute approximate surface area is 279 Å². The largest absolute Gasteiger partial charge is 0.309 e. The summed E-state index contributed by atoms with van der Waals surface area (Å²) >= 11 is 0. The zero-order chi connectivity index (χ0) is 31.4. The molecule has 0 N–H and O–H groups in total. The van der Waals surface area contributed by atoms with Gasteiger partial charge < -0.3 is 4.57 Å². The minimum Gasteiger partial charge on any atom is -0.309 e. The van der Waals surface area contributed by atoms with Gasteiger partial charge in [0, 0.05) is 16.3 Å². The molecule has 0 bridgehead atoms. The third-order valence-corrected chi connectivity index (χ3v) is 11.0. The van der Waals surface area contributed by atoms with Crippen molar-refractivity contribution in [2.75, 3.05) is 0 Å². The highest BCUT2D eigenvalue weighted by Gasteiger charge is 2.53. The number of rotatable bonds is 2. The van der Waals surface area contributed by atoms with Crippen LogP contribution in [-0.2, 0) is 5.41 Å². The summed E-state index contributed by atoms with van der Waals surface area (Å²) in [5.41, 5.74) is 16.4. The minimum absolute atomic E-state index is 0.475. The lowest BCUT2D eigenvalue weighted by atomic mass is 9.69. The van der Waals surface area contributed by atoms with Gasteiger partial charge in [0.2, 0.25) is 0 Å². The van der Waals surface area contributed by atoms with Gasteiger partial charge in [-0.2, -0.15) is 0 Å². The van der Waals surface area contributed by atoms with Gasteiger partial charge in [-0.15, -0.1) is 0 Å². The zero-order valence-electron chi connectivity index (χ0n) is 26.2. The molecule has 1 nitrogen and oxygen atoms in total. The second-order valence-electron chi connectivity index (χ2n) is 13.2. The third kappa shape index (κ3) is 3.16. The first-order chi connectivity index (χ1) is 23.8. The first-order valence-electron chi connectivity index (χ1n) is 16.8. The van der Waals surface area contributed by atoms with E-state index in [1.54, 1.807) is 0 Å². The average Bonchev–Trinajstić information content (AvgIpc) is 3.77. The Morgan fingerprint density at radius 1 is 0.375 bits per heavy atom. The molecular weight excluding hydrogens is 579 g/mol. The molecule has 1 spiro atoms. The van der Waals surface area contributed by atoms with Crippen LogP contribution in [0.1, 0.15) is 22.3 Å². The molecule has 0 fully saturated rings. The van der Waals surface area contributed by atoms with Gasteiger partial charge in [-0.25, -0.2) is 0 Å². The van der Waals surface area contributed by atoms with Crippen molar-refractivity contribution in [3.63, 3.8) is 0 Å². The lowest BCUT2D eigenvalue weighted by Crippen LogP contribution is -2.26. The highest BCUT2D eigenvalue weighted by atomic mass is 15.0. The van der Waals surface area contributed by atoms with Crippen LogP contribution in [0, 0.1) is 0 Å². The molecule has 0 atom stereocenters. The van der Waals surface area contributed by atoms with Gasteiger partial charge in [-0.1, -0.05) is 152 Å². The highest BCUT2D eigenvalue weighted by Crippen LogP contribution is 2.65. The van der Waals surface area contributed by atoms with Crippen LogP contribution in [0.5, 0.6) is 0 Å². The quantitative estimate of drug-likeness (QED) is 0.184. The highest BCUT2D eigenvalue weighted by molar-refractivity contribution is 6.12. The maximum Gasteiger partial charge on any atom is 0.0732 e. The lowest BCUT2D eigenvalue weighted by molar-refractivity contribution is 0.801. The van der Waals surface area contributed by atoms with E-state index in [1.807, 2.05) is 0 Å². The monoisotopic (exact) mass is 607 g/mol. The number of aromatic nitrogens is 1. The maximum atomic E-state index is 2.52. The molecule has 0 saturated heterocycles. The van der Waals surface area contributed by atoms with E-state index in [4.69, 9.17) is 0 Å². The van der Waals surface area contributed by atoms with E-state index in [0.717, 1.165) is 0 Å². The Bertz CT molecular complexity index is 2680. The summed E-state index contributed by atoms with van der Waals surface area (Å²) < 4.78 is 2.52. The topological polar surface area (TPSA) is 4.93 Å². The molecule has 0 aliphatic heterocycles. The Morgan fingerprint density at radius 3 is 1.62 bits per heavy atom. The molecule has 1 heteroatoms. The number of benzene rings is 8. The standard InChI is InChI=1S/C47H29N/c1-2-14-30(15-3-1)31-26-27-38-41(28-31)47(39-22-10-6-18-34(39)35-19-7-11-23-40(35)47)46-33-17-5-4-16-32(33)29-44(45(38)46)48-42-24-12-8-20-36(42)37-21-9-13-25-43(37)48/h1-29H. The normalized spacial score (nSPS) is 13.6. The van der Waals surface area contributed by atoms with Crippen molar-refractivity contribution >= 4 is 32.6 Å². The molecule has 11 rings (SSSR count). The molecule has 9 aromatic rings. The summed E-state index contributed by atoms with van der Waals surface area (Å²) in [6, 6.07) is 65.5. The Kier molecular flexibility index (Phi) is 5.10. The summed E-state index contributed by atoms with van der Waals surface area (Å²) in [6.45, 7) is 0. The van der Waals surface area contributed by atoms with Crippen LogP contribution in [0.4, 0.5) is 0 Å². The van der Waals surface area contributed by atoms with Crippen LogP contribution in [0.2, 0.25) is 0 Å².